The van der Waals surface area contributed by atoms with Gasteiger partial charge in [0.15, 0.2) is 18.3 Å². The molecule has 2 aliphatic rings. The smallest absolute Gasteiger partial charge is 0.308 e. The highest BCUT2D eigenvalue weighted by Gasteiger charge is 2.60. The van der Waals surface area contributed by atoms with Gasteiger partial charge in [0.2, 0.25) is 12.1 Å². The van der Waals surface area contributed by atoms with Crippen molar-refractivity contribution in [2.45, 2.75) is 141 Å². The van der Waals surface area contributed by atoms with Crippen LogP contribution in [-0.4, -0.2) is 118 Å². The van der Waals surface area contributed by atoms with E-state index in [1.54, 1.807) is 27.7 Å². The first-order valence-corrected chi connectivity index (χ1v) is 15.7. The molecule has 2 rings (SSSR count). The largest absolute Gasteiger partial charge is 0.455 e. The van der Waals surface area contributed by atoms with Gasteiger partial charge < -0.3 is 54.0 Å². The van der Waals surface area contributed by atoms with Crippen LogP contribution in [0.2, 0.25) is 0 Å². The lowest BCUT2D eigenvalue weighted by Crippen LogP contribution is -2.65. The Balaban J connectivity index is 2.43. The van der Waals surface area contributed by atoms with Crippen molar-refractivity contribution < 1.29 is 68.3 Å². The lowest BCUT2D eigenvalue weighted by Gasteiger charge is -2.46. The third-order valence-corrected chi connectivity index (χ3v) is 7.69. The van der Waals surface area contributed by atoms with E-state index in [9.17, 15) is 39.9 Å². The van der Waals surface area contributed by atoms with Crippen molar-refractivity contribution in [3.63, 3.8) is 0 Å². The molecule has 2 saturated heterocycles. The van der Waals surface area contributed by atoms with Crippen LogP contribution in [0.1, 0.15) is 86.0 Å². The van der Waals surface area contributed by atoms with Crippen molar-refractivity contribution in [2.75, 3.05) is 19.8 Å². The number of hydrogen-bond donors (Lipinski definition) is 5. The van der Waals surface area contributed by atoms with E-state index in [0.717, 1.165) is 38.5 Å². The van der Waals surface area contributed by atoms with Crippen LogP contribution in [0.15, 0.2) is 0 Å². The number of esters is 3. The molecule has 44 heavy (non-hydrogen) atoms. The number of aliphatic hydroxyl groups is 5. The Morgan fingerprint density at radius 2 is 1.30 bits per heavy atom. The fourth-order valence-electron chi connectivity index (χ4n) is 4.97. The molecule has 0 aromatic heterocycles. The summed E-state index contributed by atoms with van der Waals surface area (Å²) in [5.74, 6) is -5.78. The average Bonchev–Trinajstić information content (AvgIpc) is 3.23. The quantitative estimate of drug-likeness (QED) is 0.0798. The third-order valence-electron chi connectivity index (χ3n) is 7.69. The van der Waals surface area contributed by atoms with E-state index in [1.165, 1.54) is 0 Å². The number of aliphatic hydroxyl groups excluding tert-OH is 5. The number of carbonyl (C=O) groups is 3. The van der Waals surface area contributed by atoms with Gasteiger partial charge in [0.1, 0.15) is 31.0 Å². The molecule has 0 aliphatic carbocycles. The molecule has 0 aromatic rings. The second-order valence-corrected chi connectivity index (χ2v) is 12.0. The Hall–Kier alpha value is -1.91. The maximum atomic E-state index is 13.1. The number of carbonyl (C=O) groups excluding carboxylic acids is 3. The zero-order valence-electron chi connectivity index (χ0n) is 26.5. The monoisotopic (exact) mass is 636 g/mol. The van der Waals surface area contributed by atoms with E-state index in [2.05, 4.69) is 6.92 Å². The van der Waals surface area contributed by atoms with Crippen molar-refractivity contribution in [3.05, 3.63) is 0 Å². The van der Waals surface area contributed by atoms with Crippen molar-refractivity contribution in [3.8, 4) is 0 Å². The van der Waals surface area contributed by atoms with E-state index in [4.69, 9.17) is 28.4 Å². The van der Waals surface area contributed by atoms with E-state index in [0.29, 0.717) is 6.42 Å². The lowest BCUT2D eigenvalue weighted by molar-refractivity contribution is -0.384. The summed E-state index contributed by atoms with van der Waals surface area (Å²) in [4.78, 5) is 38.6. The molecule has 2 aliphatic heterocycles. The van der Waals surface area contributed by atoms with Crippen molar-refractivity contribution in [2.24, 2.45) is 11.8 Å². The predicted molar refractivity (Wildman–Crippen MR) is 153 cm³/mol. The predicted octanol–water partition coefficient (Wildman–Crippen LogP) is 0.710. The Labute approximate surface area is 258 Å². The molecular formula is C30H52O14. The van der Waals surface area contributed by atoms with Crippen LogP contribution in [0.5, 0.6) is 0 Å². The Morgan fingerprint density at radius 1 is 0.750 bits per heavy atom. The maximum Gasteiger partial charge on any atom is 0.308 e. The van der Waals surface area contributed by atoms with Gasteiger partial charge in [-0.3, -0.25) is 14.4 Å². The van der Waals surface area contributed by atoms with E-state index >= 15 is 0 Å². The Bertz CT molecular complexity index is 897. The summed E-state index contributed by atoms with van der Waals surface area (Å²) in [5.41, 5.74) is 0. The maximum absolute atomic E-state index is 13.1. The molecule has 0 spiro atoms. The summed E-state index contributed by atoms with van der Waals surface area (Å²) >= 11 is 0. The molecule has 0 aromatic carbocycles. The van der Waals surface area contributed by atoms with Gasteiger partial charge in [0, 0.05) is 6.42 Å². The van der Waals surface area contributed by atoms with Crippen LogP contribution in [0, 0.1) is 11.8 Å². The van der Waals surface area contributed by atoms with E-state index in [-0.39, 0.29) is 6.42 Å². The van der Waals surface area contributed by atoms with Crippen molar-refractivity contribution in [1.29, 1.82) is 0 Å². The molecule has 0 radical (unpaired) electrons. The standard InChI is InChI=1S/C30H52O14/c1-6-7-8-9-10-11-12-13-21(34)40-25-24(42-28(38)18(4)5)23(41-27(37)17(2)3)20(15-32)39-29(25)44-30(16-33)26(36)22(35)19(14-31)43-30/h17-20,22-26,29,31-33,35-36H,6-16H2,1-5H3. The molecular weight excluding hydrogens is 584 g/mol. The van der Waals surface area contributed by atoms with Gasteiger partial charge in [0.25, 0.3) is 0 Å². The van der Waals surface area contributed by atoms with Crippen LogP contribution < -0.4 is 0 Å². The van der Waals surface area contributed by atoms with E-state index < -0.39 is 104 Å². The van der Waals surface area contributed by atoms with Gasteiger partial charge in [-0.1, -0.05) is 73.1 Å². The third kappa shape index (κ3) is 10.0. The molecule has 0 amide bonds. The van der Waals surface area contributed by atoms with Crippen LogP contribution >= 0.6 is 0 Å². The van der Waals surface area contributed by atoms with Crippen LogP contribution in [0.4, 0.5) is 0 Å². The van der Waals surface area contributed by atoms with Crippen LogP contribution in [0.3, 0.4) is 0 Å². The van der Waals surface area contributed by atoms with Crippen molar-refractivity contribution >= 4 is 17.9 Å². The topological polar surface area (TPSA) is 208 Å². The summed E-state index contributed by atoms with van der Waals surface area (Å²) in [5, 5.41) is 51.1. The fraction of sp³-hybridized carbons (Fsp3) is 0.900. The Kier molecular flexibility index (Phi) is 15.9. The van der Waals surface area contributed by atoms with Gasteiger partial charge in [0.05, 0.1) is 25.0 Å². The lowest BCUT2D eigenvalue weighted by atomic mass is 9.97. The highest BCUT2D eigenvalue weighted by Crippen LogP contribution is 2.38. The zero-order valence-corrected chi connectivity index (χ0v) is 26.5. The fourth-order valence-corrected chi connectivity index (χ4v) is 4.97. The minimum atomic E-state index is -2.37. The molecule has 5 N–H and O–H groups in total. The molecule has 2 heterocycles. The van der Waals surface area contributed by atoms with Gasteiger partial charge in [-0.05, 0) is 6.42 Å². The number of rotatable bonds is 18. The summed E-state index contributed by atoms with van der Waals surface area (Å²) in [6, 6.07) is 0. The number of hydrogen-bond acceptors (Lipinski definition) is 14. The molecule has 256 valence electrons. The molecule has 14 heteroatoms. The second kappa shape index (κ2) is 18.3. The molecule has 9 atom stereocenters. The van der Waals surface area contributed by atoms with Gasteiger partial charge in [-0.2, -0.15) is 0 Å². The molecule has 9 unspecified atom stereocenters. The minimum absolute atomic E-state index is 0.00269. The SMILES string of the molecule is CCCCCCCCCC(=O)OC1C(OC2(CO)OC(CO)C(O)C2O)OC(CO)C(OC(=O)C(C)C)C1OC(=O)C(C)C. The highest BCUT2D eigenvalue weighted by molar-refractivity contribution is 5.73. The normalized spacial score (nSPS) is 32.2. The molecule has 0 bridgehead atoms. The summed E-state index contributed by atoms with van der Waals surface area (Å²) < 4.78 is 34.3. The Morgan fingerprint density at radius 3 is 1.80 bits per heavy atom. The summed E-state index contributed by atoms with van der Waals surface area (Å²) in [7, 11) is 0. The second-order valence-electron chi connectivity index (χ2n) is 12.0. The minimum Gasteiger partial charge on any atom is -0.455 e. The molecule has 14 nitrogen and oxygen atoms in total. The van der Waals surface area contributed by atoms with Crippen molar-refractivity contribution in [1.82, 2.24) is 0 Å². The van der Waals surface area contributed by atoms with Gasteiger partial charge in [-0.15, -0.1) is 0 Å². The van der Waals surface area contributed by atoms with Crippen LogP contribution in [0.25, 0.3) is 0 Å². The first-order chi connectivity index (χ1) is 20.8. The zero-order chi connectivity index (χ0) is 33.0. The summed E-state index contributed by atoms with van der Waals surface area (Å²) in [6.07, 6.45) is -6.03. The number of unbranched alkanes of at least 4 members (excludes halogenated alkanes) is 6. The first kappa shape index (κ1) is 38.3. The van der Waals surface area contributed by atoms with Gasteiger partial charge in [-0.25, -0.2) is 0 Å². The molecule has 0 saturated carbocycles. The van der Waals surface area contributed by atoms with Gasteiger partial charge >= 0.3 is 17.9 Å². The highest BCUT2D eigenvalue weighted by atomic mass is 16.8. The molecule has 2 fully saturated rings. The van der Waals surface area contributed by atoms with Crippen LogP contribution in [-0.2, 0) is 42.8 Å². The number of ether oxygens (including phenoxy) is 6. The average molecular weight is 637 g/mol. The summed E-state index contributed by atoms with van der Waals surface area (Å²) in [6.45, 7) is 5.88. The first-order valence-electron chi connectivity index (χ1n) is 15.7. The van der Waals surface area contributed by atoms with E-state index in [1.807, 2.05) is 0 Å².